The zero-order valence-corrected chi connectivity index (χ0v) is 17.9. The zero-order valence-electron chi connectivity index (χ0n) is 17.1. The third kappa shape index (κ3) is 7.18. The number of thiophene rings is 1. The topological polar surface area (TPSA) is 78.9 Å². The van der Waals surface area contributed by atoms with Gasteiger partial charge in [-0.25, -0.2) is 0 Å². The molecule has 0 saturated carbocycles. The maximum absolute atomic E-state index is 12.2. The van der Waals surface area contributed by atoms with Crippen LogP contribution >= 0.6 is 11.3 Å². The van der Waals surface area contributed by atoms with Gasteiger partial charge in [-0.05, 0) is 38.3 Å². The summed E-state index contributed by atoms with van der Waals surface area (Å²) in [4.78, 5) is 27.6. The third-order valence-electron chi connectivity index (χ3n) is 5.07. The first kappa shape index (κ1) is 22.8. The molecule has 28 heavy (non-hydrogen) atoms. The fraction of sp³-hybridized carbons (Fsp3) is 0.714. The van der Waals surface area contributed by atoms with Crippen molar-refractivity contribution in [3.8, 4) is 0 Å². The van der Waals surface area contributed by atoms with Gasteiger partial charge in [0.05, 0.1) is 30.2 Å². The zero-order chi connectivity index (χ0) is 20.4. The van der Waals surface area contributed by atoms with Gasteiger partial charge >= 0.3 is 0 Å². The quantitative estimate of drug-likeness (QED) is 0.489. The first-order valence-electron chi connectivity index (χ1n) is 10.5. The Kier molecular flexibility index (Phi) is 9.95. The molecule has 1 aromatic rings. The molecule has 1 aliphatic heterocycles. The summed E-state index contributed by atoms with van der Waals surface area (Å²) in [6, 6.07) is 3.82. The first-order valence-corrected chi connectivity index (χ1v) is 11.3. The predicted molar refractivity (Wildman–Crippen MR) is 111 cm³/mol. The molecular weight excluding hydrogens is 376 g/mol. The Morgan fingerprint density at radius 3 is 2.93 bits per heavy atom. The highest BCUT2D eigenvalue weighted by Gasteiger charge is 2.31. The maximum Gasteiger partial charge on any atom is 0.261 e. The first-order chi connectivity index (χ1) is 13.5. The van der Waals surface area contributed by atoms with Crippen LogP contribution in [0.3, 0.4) is 0 Å². The molecule has 7 heteroatoms. The average molecular weight is 411 g/mol. The molecule has 0 unspecified atom stereocenters. The van der Waals surface area contributed by atoms with Gasteiger partial charge < -0.3 is 20.1 Å². The normalized spacial score (nSPS) is 17.9. The van der Waals surface area contributed by atoms with Crippen LogP contribution in [0.4, 0.5) is 0 Å². The predicted octanol–water partition coefficient (Wildman–Crippen LogP) is 3.34. The third-order valence-corrected chi connectivity index (χ3v) is 6.13. The summed E-state index contributed by atoms with van der Waals surface area (Å²) in [5.74, 6) is 0.104. The molecule has 0 aliphatic carbocycles. The summed E-state index contributed by atoms with van der Waals surface area (Å²) in [6.07, 6.45) is 5.79. The number of hydrogen-bond donors (Lipinski definition) is 2. The average Bonchev–Trinajstić information content (AvgIpc) is 3.28. The Morgan fingerprint density at radius 1 is 1.36 bits per heavy atom. The van der Waals surface area contributed by atoms with Crippen molar-refractivity contribution in [1.29, 1.82) is 0 Å². The molecule has 0 bridgehead atoms. The van der Waals surface area contributed by atoms with Crippen molar-refractivity contribution in [3.05, 3.63) is 21.9 Å². The van der Waals surface area contributed by atoms with E-state index in [1.54, 1.807) is 0 Å². The molecule has 2 heterocycles. The van der Waals surface area contributed by atoms with E-state index in [4.69, 9.17) is 4.74 Å². The fourth-order valence-corrected chi connectivity index (χ4v) is 4.32. The molecule has 0 spiro atoms. The number of carbonyl (C=O) groups excluding carboxylic acids is 2. The van der Waals surface area contributed by atoms with Crippen molar-refractivity contribution < 1.29 is 19.4 Å². The van der Waals surface area contributed by atoms with Crippen LogP contribution in [0.1, 0.15) is 73.3 Å². The largest absolute Gasteiger partial charge is 0.393 e. The smallest absolute Gasteiger partial charge is 0.261 e. The van der Waals surface area contributed by atoms with Gasteiger partial charge in [0.15, 0.2) is 0 Å². The van der Waals surface area contributed by atoms with Crippen molar-refractivity contribution in [1.82, 2.24) is 10.2 Å². The molecule has 1 aromatic heterocycles. The minimum atomic E-state index is -0.333. The Morgan fingerprint density at radius 2 is 2.18 bits per heavy atom. The van der Waals surface area contributed by atoms with Gasteiger partial charge in [-0.15, -0.1) is 11.3 Å². The molecule has 6 nitrogen and oxygen atoms in total. The number of aliphatic hydroxyl groups is 1. The molecule has 2 atom stereocenters. The lowest BCUT2D eigenvalue weighted by Crippen LogP contribution is -2.38. The van der Waals surface area contributed by atoms with E-state index in [0.29, 0.717) is 44.0 Å². The van der Waals surface area contributed by atoms with Crippen molar-refractivity contribution in [2.24, 2.45) is 0 Å². The molecule has 0 aromatic carbocycles. The van der Waals surface area contributed by atoms with Crippen molar-refractivity contribution in [2.45, 2.75) is 77.5 Å². The highest BCUT2D eigenvalue weighted by atomic mass is 32.1. The van der Waals surface area contributed by atoms with Gasteiger partial charge in [0, 0.05) is 24.4 Å². The van der Waals surface area contributed by atoms with Crippen LogP contribution in [-0.2, 0) is 16.1 Å². The van der Waals surface area contributed by atoms with E-state index in [1.807, 2.05) is 24.0 Å². The molecule has 1 saturated heterocycles. The molecule has 2 amide bonds. The van der Waals surface area contributed by atoms with Gasteiger partial charge in [-0.2, -0.15) is 0 Å². The van der Waals surface area contributed by atoms with E-state index in [2.05, 4.69) is 12.2 Å². The van der Waals surface area contributed by atoms with Gasteiger partial charge in [0.25, 0.3) is 5.91 Å². The van der Waals surface area contributed by atoms with E-state index in [-0.39, 0.29) is 24.0 Å². The van der Waals surface area contributed by atoms with E-state index in [0.717, 1.165) is 37.0 Å². The van der Waals surface area contributed by atoms with Crippen LogP contribution in [0.25, 0.3) is 0 Å². The molecule has 0 radical (unpaired) electrons. The number of nitrogens with zero attached hydrogens (tertiary/aromatic N) is 1. The summed E-state index contributed by atoms with van der Waals surface area (Å²) < 4.78 is 5.84. The van der Waals surface area contributed by atoms with Crippen LogP contribution in [0, 0.1) is 0 Å². The van der Waals surface area contributed by atoms with Gasteiger partial charge in [0.2, 0.25) is 5.91 Å². The van der Waals surface area contributed by atoms with E-state index >= 15 is 0 Å². The molecular formula is C21H34N2O4S. The van der Waals surface area contributed by atoms with Crippen LogP contribution in [0.15, 0.2) is 12.1 Å². The number of unbranched alkanes of at least 4 members (excludes halogenated alkanes) is 2. The van der Waals surface area contributed by atoms with Crippen LogP contribution in [0.2, 0.25) is 0 Å². The Bertz CT molecular complexity index is 619. The number of ether oxygens (including phenoxy) is 1. The second kappa shape index (κ2) is 12.2. The van der Waals surface area contributed by atoms with Gasteiger partial charge in [-0.1, -0.05) is 26.2 Å². The number of likely N-dealkylation sites (tertiary alicyclic amines) is 1. The van der Waals surface area contributed by atoms with Gasteiger partial charge in [-0.3, -0.25) is 9.59 Å². The second-order valence-electron chi connectivity index (χ2n) is 7.36. The SMILES string of the molecule is CCCCC[C@@H](O)CCN1C(=O)CC[C@@H]1COCc1ccc(C(=O)NCC)s1. The number of hydrogen-bond acceptors (Lipinski definition) is 5. The lowest BCUT2D eigenvalue weighted by atomic mass is 10.1. The highest BCUT2D eigenvalue weighted by molar-refractivity contribution is 7.14. The highest BCUT2D eigenvalue weighted by Crippen LogP contribution is 2.22. The molecule has 1 aliphatic rings. The molecule has 2 rings (SSSR count). The molecule has 2 N–H and O–H groups in total. The van der Waals surface area contributed by atoms with E-state index in [9.17, 15) is 14.7 Å². The lowest BCUT2D eigenvalue weighted by Gasteiger charge is -2.25. The van der Waals surface area contributed by atoms with Crippen molar-refractivity contribution >= 4 is 23.2 Å². The summed E-state index contributed by atoms with van der Waals surface area (Å²) in [7, 11) is 0. The van der Waals surface area contributed by atoms with E-state index < -0.39 is 0 Å². The monoisotopic (exact) mass is 410 g/mol. The van der Waals surface area contributed by atoms with Crippen LogP contribution in [-0.4, -0.2) is 53.7 Å². The molecule has 1 fully saturated rings. The Labute approximate surface area is 172 Å². The number of rotatable bonds is 13. The summed E-state index contributed by atoms with van der Waals surface area (Å²) >= 11 is 1.44. The summed E-state index contributed by atoms with van der Waals surface area (Å²) in [6.45, 7) is 6.20. The number of amides is 2. The number of nitrogens with one attached hydrogen (secondary N) is 1. The van der Waals surface area contributed by atoms with E-state index in [1.165, 1.54) is 11.3 Å². The second-order valence-corrected chi connectivity index (χ2v) is 8.53. The lowest BCUT2D eigenvalue weighted by molar-refractivity contribution is -0.130. The number of aliphatic hydroxyl groups excluding tert-OH is 1. The number of carbonyl (C=O) groups is 2. The summed E-state index contributed by atoms with van der Waals surface area (Å²) in [5.41, 5.74) is 0. The molecule has 158 valence electrons. The summed E-state index contributed by atoms with van der Waals surface area (Å²) in [5, 5.41) is 12.9. The van der Waals surface area contributed by atoms with Gasteiger partial charge in [0.1, 0.15) is 0 Å². The van der Waals surface area contributed by atoms with Crippen LogP contribution < -0.4 is 5.32 Å². The fourth-order valence-electron chi connectivity index (χ4n) is 3.46. The van der Waals surface area contributed by atoms with Crippen molar-refractivity contribution in [2.75, 3.05) is 19.7 Å². The maximum atomic E-state index is 12.2. The minimum absolute atomic E-state index is 0.0520. The van der Waals surface area contributed by atoms with Crippen LogP contribution in [0.5, 0.6) is 0 Å². The Hall–Kier alpha value is -1.44. The Balaban J connectivity index is 1.73. The van der Waals surface area contributed by atoms with Crippen molar-refractivity contribution in [3.63, 3.8) is 0 Å². The standard InChI is InChI=1S/C21H34N2O4S/c1-3-5-6-7-17(24)12-13-23-16(8-11-20(23)25)14-27-15-18-9-10-19(28-18)21(26)22-4-2/h9-10,16-17,24H,3-8,11-15H2,1-2H3,(H,22,26)/t16-,17-/m1/s1. The minimum Gasteiger partial charge on any atom is -0.393 e.